The van der Waals surface area contributed by atoms with Crippen molar-refractivity contribution < 1.29 is 4.79 Å². The Balaban J connectivity index is 2.24. The van der Waals surface area contributed by atoms with E-state index in [9.17, 15) is 4.79 Å². The summed E-state index contributed by atoms with van der Waals surface area (Å²) in [5, 5.41) is 10.6. The Hall–Kier alpha value is -1.88. The van der Waals surface area contributed by atoms with Crippen LogP contribution in [0.25, 0.3) is 10.9 Å². The number of fused-ring (bicyclic) bond motifs is 1. The van der Waals surface area contributed by atoms with E-state index in [1.807, 2.05) is 39.0 Å². The van der Waals surface area contributed by atoms with Crippen LogP contribution in [-0.4, -0.2) is 22.1 Å². The predicted octanol–water partition coefficient (Wildman–Crippen LogP) is 1.87. The van der Waals surface area contributed by atoms with Gasteiger partial charge in [0.1, 0.15) is 0 Å². The number of nitrogens with zero attached hydrogens (tertiary/aromatic N) is 1. The Bertz CT molecular complexity index is 568. The number of amides is 1. The molecule has 0 bridgehead atoms. The molecule has 5 heteroatoms. The van der Waals surface area contributed by atoms with E-state index < -0.39 is 6.04 Å². The molecule has 0 saturated heterocycles. The number of rotatable bonds is 2. The van der Waals surface area contributed by atoms with Crippen LogP contribution in [0.1, 0.15) is 20.8 Å². The summed E-state index contributed by atoms with van der Waals surface area (Å²) in [4.78, 5) is 12.1. The van der Waals surface area contributed by atoms with Crippen molar-refractivity contribution in [1.82, 2.24) is 10.2 Å². The Labute approximate surface area is 106 Å². The average Bonchev–Trinajstić information content (AvgIpc) is 2.75. The van der Waals surface area contributed by atoms with Crippen LogP contribution in [0.4, 0.5) is 5.69 Å². The SMILES string of the molecule is CC(C)(C)[C@H](N)C(=O)Nc1cccc2[nH]ncc12. The molecule has 0 aliphatic carbocycles. The molecule has 1 atom stereocenters. The first kappa shape index (κ1) is 12.6. The summed E-state index contributed by atoms with van der Waals surface area (Å²) in [6.45, 7) is 5.82. The molecule has 1 heterocycles. The fraction of sp³-hybridized carbons (Fsp3) is 0.385. The Kier molecular flexibility index (Phi) is 3.09. The number of carbonyl (C=O) groups is 1. The second-order valence-corrected chi connectivity index (χ2v) is 5.47. The quantitative estimate of drug-likeness (QED) is 0.756. The van der Waals surface area contributed by atoms with Gasteiger partial charge in [-0.25, -0.2) is 0 Å². The molecule has 0 unspecified atom stereocenters. The summed E-state index contributed by atoms with van der Waals surface area (Å²) in [5.74, 6) is -0.184. The van der Waals surface area contributed by atoms with Gasteiger partial charge in [0.05, 0.1) is 23.4 Å². The highest BCUT2D eigenvalue weighted by Crippen LogP contribution is 2.23. The summed E-state index contributed by atoms with van der Waals surface area (Å²) in [6.07, 6.45) is 1.69. The molecular weight excluding hydrogens is 228 g/mol. The lowest BCUT2D eigenvalue weighted by Gasteiger charge is -2.25. The molecule has 5 nitrogen and oxygen atoms in total. The number of carbonyl (C=O) groups excluding carboxylic acids is 1. The zero-order valence-corrected chi connectivity index (χ0v) is 10.8. The molecule has 0 aliphatic rings. The average molecular weight is 246 g/mol. The van der Waals surface area contributed by atoms with Gasteiger partial charge in [-0.05, 0) is 17.5 Å². The van der Waals surface area contributed by atoms with Gasteiger partial charge in [-0.2, -0.15) is 5.10 Å². The first-order valence-corrected chi connectivity index (χ1v) is 5.88. The van der Waals surface area contributed by atoms with E-state index >= 15 is 0 Å². The second-order valence-electron chi connectivity index (χ2n) is 5.47. The van der Waals surface area contributed by atoms with Crippen molar-refractivity contribution >= 4 is 22.5 Å². The molecule has 0 radical (unpaired) electrons. The van der Waals surface area contributed by atoms with Gasteiger partial charge in [0.15, 0.2) is 0 Å². The smallest absolute Gasteiger partial charge is 0.241 e. The first-order valence-electron chi connectivity index (χ1n) is 5.88. The lowest BCUT2D eigenvalue weighted by Crippen LogP contribution is -2.45. The maximum atomic E-state index is 12.1. The third-order valence-corrected chi connectivity index (χ3v) is 2.96. The van der Waals surface area contributed by atoms with E-state index in [2.05, 4.69) is 15.5 Å². The molecule has 96 valence electrons. The molecule has 2 aromatic rings. The minimum atomic E-state index is -0.556. The van der Waals surface area contributed by atoms with E-state index in [0.29, 0.717) is 0 Å². The molecular formula is C13H18N4O. The van der Waals surface area contributed by atoms with Gasteiger partial charge in [0.25, 0.3) is 0 Å². The van der Waals surface area contributed by atoms with Gasteiger partial charge in [-0.1, -0.05) is 26.8 Å². The number of H-pyrrole nitrogens is 1. The van der Waals surface area contributed by atoms with Crippen molar-refractivity contribution in [1.29, 1.82) is 0 Å². The number of aromatic amines is 1. The van der Waals surface area contributed by atoms with E-state index in [-0.39, 0.29) is 11.3 Å². The van der Waals surface area contributed by atoms with E-state index in [1.165, 1.54) is 0 Å². The van der Waals surface area contributed by atoms with Crippen molar-refractivity contribution in [3.8, 4) is 0 Å². The number of anilines is 1. The van der Waals surface area contributed by atoms with Crippen LogP contribution in [0.15, 0.2) is 24.4 Å². The largest absolute Gasteiger partial charge is 0.324 e. The van der Waals surface area contributed by atoms with Crippen molar-refractivity contribution in [3.05, 3.63) is 24.4 Å². The van der Waals surface area contributed by atoms with Crippen LogP contribution in [-0.2, 0) is 4.79 Å². The van der Waals surface area contributed by atoms with E-state index in [1.54, 1.807) is 6.20 Å². The number of hydrogen-bond donors (Lipinski definition) is 3. The van der Waals surface area contributed by atoms with Crippen molar-refractivity contribution in [2.75, 3.05) is 5.32 Å². The lowest BCUT2D eigenvalue weighted by atomic mass is 9.87. The molecule has 0 fully saturated rings. The first-order chi connectivity index (χ1) is 8.39. The molecule has 18 heavy (non-hydrogen) atoms. The maximum absolute atomic E-state index is 12.1. The summed E-state index contributed by atoms with van der Waals surface area (Å²) in [6, 6.07) is 5.05. The summed E-state index contributed by atoms with van der Waals surface area (Å²) in [5.41, 5.74) is 7.27. The third-order valence-electron chi connectivity index (χ3n) is 2.96. The number of hydrogen-bond acceptors (Lipinski definition) is 3. The molecule has 0 saturated carbocycles. The highest BCUT2D eigenvalue weighted by Gasteiger charge is 2.27. The van der Waals surface area contributed by atoms with Crippen LogP contribution in [0, 0.1) is 5.41 Å². The van der Waals surface area contributed by atoms with Crippen LogP contribution < -0.4 is 11.1 Å². The monoisotopic (exact) mass is 246 g/mol. The molecule has 2 rings (SSSR count). The fourth-order valence-corrected chi connectivity index (χ4v) is 1.68. The van der Waals surface area contributed by atoms with Crippen LogP contribution >= 0.6 is 0 Å². The predicted molar refractivity (Wildman–Crippen MR) is 72.2 cm³/mol. The Morgan fingerprint density at radius 1 is 1.44 bits per heavy atom. The normalized spacial score (nSPS) is 13.6. The Morgan fingerprint density at radius 2 is 2.17 bits per heavy atom. The number of aromatic nitrogens is 2. The summed E-state index contributed by atoms with van der Waals surface area (Å²) in [7, 11) is 0. The van der Waals surface area contributed by atoms with E-state index in [0.717, 1.165) is 16.6 Å². The highest BCUT2D eigenvalue weighted by molar-refractivity contribution is 6.02. The number of nitrogens with one attached hydrogen (secondary N) is 2. The zero-order valence-electron chi connectivity index (χ0n) is 10.8. The van der Waals surface area contributed by atoms with Crippen LogP contribution in [0.3, 0.4) is 0 Å². The minimum Gasteiger partial charge on any atom is -0.324 e. The maximum Gasteiger partial charge on any atom is 0.241 e. The van der Waals surface area contributed by atoms with Crippen molar-refractivity contribution in [2.24, 2.45) is 11.1 Å². The number of benzene rings is 1. The van der Waals surface area contributed by atoms with Gasteiger partial charge in [0, 0.05) is 5.39 Å². The highest BCUT2D eigenvalue weighted by atomic mass is 16.2. The minimum absolute atomic E-state index is 0.184. The second kappa shape index (κ2) is 4.42. The van der Waals surface area contributed by atoms with Gasteiger partial charge >= 0.3 is 0 Å². The molecule has 0 aliphatic heterocycles. The van der Waals surface area contributed by atoms with E-state index in [4.69, 9.17) is 5.73 Å². The van der Waals surface area contributed by atoms with Crippen molar-refractivity contribution in [3.63, 3.8) is 0 Å². The van der Waals surface area contributed by atoms with Crippen molar-refractivity contribution in [2.45, 2.75) is 26.8 Å². The molecule has 4 N–H and O–H groups in total. The number of nitrogens with two attached hydrogens (primary N) is 1. The standard InChI is InChI=1S/C13H18N4O/c1-13(2,3)11(14)12(18)16-9-5-4-6-10-8(9)7-15-17-10/h4-7,11H,14H2,1-3H3,(H,15,17)(H,16,18)/t11-/m1/s1. The molecule has 1 amide bonds. The topological polar surface area (TPSA) is 83.8 Å². The molecule has 1 aromatic carbocycles. The van der Waals surface area contributed by atoms with Crippen LogP contribution in [0.5, 0.6) is 0 Å². The Morgan fingerprint density at radius 3 is 2.83 bits per heavy atom. The van der Waals surface area contributed by atoms with Gasteiger partial charge < -0.3 is 11.1 Å². The molecule has 1 aromatic heterocycles. The fourth-order valence-electron chi connectivity index (χ4n) is 1.68. The van der Waals surface area contributed by atoms with Crippen LogP contribution in [0.2, 0.25) is 0 Å². The summed E-state index contributed by atoms with van der Waals surface area (Å²) < 4.78 is 0. The lowest BCUT2D eigenvalue weighted by molar-refractivity contribution is -0.119. The third kappa shape index (κ3) is 2.36. The van der Waals surface area contributed by atoms with Gasteiger partial charge in [-0.15, -0.1) is 0 Å². The molecule has 0 spiro atoms. The van der Waals surface area contributed by atoms with Gasteiger partial charge in [0.2, 0.25) is 5.91 Å². The van der Waals surface area contributed by atoms with Gasteiger partial charge in [-0.3, -0.25) is 9.89 Å². The summed E-state index contributed by atoms with van der Waals surface area (Å²) >= 11 is 0. The zero-order chi connectivity index (χ0) is 13.3.